The lowest BCUT2D eigenvalue weighted by Crippen LogP contribution is -2.11. The third-order valence-corrected chi connectivity index (χ3v) is 2.53. The molecule has 2 aromatic carbocycles. The van der Waals surface area contributed by atoms with E-state index >= 15 is 0 Å². The monoisotopic (exact) mass is 246 g/mol. The van der Waals surface area contributed by atoms with Gasteiger partial charge in [-0.25, -0.2) is 0 Å². The molecular formula is C13H11ClN2O. The van der Waals surface area contributed by atoms with Crippen molar-refractivity contribution in [1.29, 1.82) is 0 Å². The molecule has 0 heterocycles. The Hall–Kier alpha value is -2.00. The topological polar surface area (TPSA) is 55.1 Å². The fraction of sp³-hybridized carbons (Fsp3) is 0. The predicted octanol–water partition coefficient (Wildman–Crippen LogP) is 3.17. The summed E-state index contributed by atoms with van der Waals surface area (Å²) >= 11 is 5.76. The maximum Gasteiger partial charge on any atom is 0.255 e. The van der Waals surface area contributed by atoms with Gasteiger partial charge in [0.05, 0.1) is 0 Å². The number of hydrogen-bond donors (Lipinski definition) is 2. The largest absolute Gasteiger partial charge is 0.399 e. The summed E-state index contributed by atoms with van der Waals surface area (Å²) in [4.78, 5) is 11.8. The first-order valence-electron chi connectivity index (χ1n) is 5.07. The first kappa shape index (κ1) is 11.5. The number of amides is 1. The Labute approximate surface area is 104 Å². The molecule has 0 saturated carbocycles. The van der Waals surface area contributed by atoms with Crippen molar-refractivity contribution in [3.05, 3.63) is 59.1 Å². The van der Waals surface area contributed by atoms with E-state index in [1.807, 2.05) is 0 Å². The van der Waals surface area contributed by atoms with Crippen LogP contribution in [-0.2, 0) is 0 Å². The first-order chi connectivity index (χ1) is 8.15. The van der Waals surface area contributed by atoms with Crippen LogP contribution in [0.2, 0.25) is 5.02 Å². The molecule has 0 aliphatic carbocycles. The molecular weight excluding hydrogens is 236 g/mol. The van der Waals surface area contributed by atoms with Gasteiger partial charge in [-0.15, -0.1) is 0 Å². The summed E-state index contributed by atoms with van der Waals surface area (Å²) in [6.45, 7) is 0. The zero-order chi connectivity index (χ0) is 12.3. The third kappa shape index (κ3) is 2.98. The van der Waals surface area contributed by atoms with E-state index in [9.17, 15) is 4.79 Å². The minimum atomic E-state index is -0.174. The van der Waals surface area contributed by atoms with Crippen LogP contribution in [0, 0.1) is 0 Å². The summed E-state index contributed by atoms with van der Waals surface area (Å²) in [6, 6.07) is 13.7. The van der Waals surface area contributed by atoms with Gasteiger partial charge in [-0.3, -0.25) is 4.79 Å². The van der Waals surface area contributed by atoms with Crippen LogP contribution in [0.1, 0.15) is 10.4 Å². The normalized spacial score (nSPS) is 9.94. The SMILES string of the molecule is Nc1ccc(C(=O)Nc2ccc(Cl)cc2)cc1. The molecule has 0 aliphatic rings. The van der Waals surface area contributed by atoms with E-state index in [2.05, 4.69) is 5.32 Å². The Morgan fingerprint density at radius 1 is 1.00 bits per heavy atom. The molecule has 0 aromatic heterocycles. The molecule has 4 heteroatoms. The Bertz CT molecular complexity index is 520. The average molecular weight is 247 g/mol. The minimum Gasteiger partial charge on any atom is -0.399 e. The van der Waals surface area contributed by atoms with E-state index in [-0.39, 0.29) is 5.91 Å². The number of nitrogen functional groups attached to an aromatic ring is 1. The molecule has 0 radical (unpaired) electrons. The molecule has 3 N–H and O–H groups in total. The van der Waals surface area contributed by atoms with Gasteiger partial charge in [0.2, 0.25) is 0 Å². The highest BCUT2D eigenvalue weighted by Gasteiger charge is 2.05. The molecule has 0 fully saturated rings. The van der Waals surface area contributed by atoms with E-state index in [0.29, 0.717) is 22.0 Å². The van der Waals surface area contributed by atoms with Crippen molar-refractivity contribution < 1.29 is 4.79 Å². The molecule has 0 atom stereocenters. The summed E-state index contributed by atoms with van der Waals surface area (Å²) in [5.41, 5.74) is 7.45. The number of carbonyl (C=O) groups excluding carboxylic acids is 1. The molecule has 1 amide bonds. The number of nitrogens with two attached hydrogens (primary N) is 1. The lowest BCUT2D eigenvalue weighted by molar-refractivity contribution is 0.102. The summed E-state index contributed by atoms with van der Waals surface area (Å²) in [5, 5.41) is 3.40. The number of anilines is 2. The summed E-state index contributed by atoms with van der Waals surface area (Å²) in [7, 11) is 0. The van der Waals surface area contributed by atoms with E-state index in [1.54, 1.807) is 48.5 Å². The number of benzene rings is 2. The van der Waals surface area contributed by atoms with Gasteiger partial charge in [0.25, 0.3) is 5.91 Å². The maximum absolute atomic E-state index is 11.8. The van der Waals surface area contributed by atoms with Gasteiger partial charge >= 0.3 is 0 Å². The number of nitrogens with one attached hydrogen (secondary N) is 1. The van der Waals surface area contributed by atoms with Crippen molar-refractivity contribution in [2.75, 3.05) is 11.1 Å². The van der Waals surface area contributed by atoms with Crippen LogP contribution >= 0.6 is 11.6 Å². The van der Waals surface area contributed by atoms with Crippen LogP contribution in [0.15, 0.2) is 48.5 Å². The van der Waals surface area contributed by atoms with E-state index in [4.69, 9.17) is 17.3 Å². The van der Waals surface area contributed by atoms with Gasteiger partial charge in [-0.05, 0) is 48.5 Å². The van der Waals surface area contributed by atoms with Gasteiger partial charge < -0.3 is 11.1 Å². The highest BCUT2D eigenvalue weighted by molar-refractivity contribution is 6.30. The van der Waals surface area contributed by atoms with Crippen LogP contribution in [0.5, 0.6) is 0 Å². The van der Waals surface area contributed by atoms with Crippen LogP contribution in [0.25, 0.3) is 0 Å². The molecule has 86 valence electrons. The van der Waals surface area contributed by atoms with Crippen LogP contribution in [0.4, 0.5) is 11.4 Å². The number of halogens is 1. The van der Waals surface area contributed by atoms with E-state index < -0.39 is 0 Å². The summed E-state index contributed by atoms with van der Waals surface area (Å²) in [5.74, 6) is -0.174. The lowest BCUT2D eigenvalue weighted by atomic mass is 10.2. The molecule has 17 heavy (non-hydrogen) atoms. The number of carbonyl (C=O) groups is 1. The smallest absolute Gasteiger partial charge is 0.255 e. The second kappa shape index (κ2) is 4.89. The molecule has 2 rings (SSSR count). The van der Waals surface area contributed by atoms with Gasteiger partial charge in [0, 0.05) is 22.0 Å². The quantitative estimate of drug-likeness (QED) is 0.800. The molecule has 2 aromatic rings. The molecule has 0 unspecified atom stereocenters. The van der Waals surface area contributed by atoms with Gasteiger partial charge in [-0.1, -0.05) is 11.6 Å². The summed E-state index contributed by atoms with van der Waals surface area (Å²) in [6.07, 6.45) is 0. The van der Waals surface area contributed by atoms with Crippen molar-refractivity contribution in [2.24, 2.45) is 0 Å². The molecule has 0 saturated heterocycles. The Morgan fingerprint density at radius 2 is 1.59 bits per heavy atom. The van der Waals surface area contributed by atoms with Crippen molar-refractivity contribution in [1.82, 2.24) is 0 Å². The average Bonchev–Trinajstić information content (AvgIpc) is 2.33. The van der Waals surface area contributed by atoms with Gasteiger partial charge in [0.1, 0.15) is 0 Å². The first-order valence-corrected chi connectivity index (χ1v) is 5.45. The van der Waals surface area contributed by atoms with Gasteiger partial charge in [0.15, 0.2) is 0 Å². The van der Waals surface area contributed by atoms with Crippen LogP contribution in [-0.4, -0.2) is 5.91 Å². The standard InChI is InChI=1S/C13H11ClN2O/c14-10-3-7-12(8-4-10)16-13(17)9-1-5-11(15)6-2-9/h1-8H,15H2,(H,16,17). The summed E-state index contributed by atoms with van der Waals surface area (Å²) < 4.78 is 0. The zero-order valence-corrected chi connectivity index (χ0v) is 9.74. The molecule has 0 bridgehead atoms. The van der Waals surface area contributed by atoms with Crippen molar-refractivity contribution >= 4 is 28.9 Å². The maximum atomic E-state index is 11.8. The van der Waals surface area contributed by atoms with Crippen molar-refractivity contribution in [3.63, 3.8) is 0 Å². The highest BCUT2D eigenvalue weighted by Crippen LogP contribution is 2.14. The molecule has 0 spiro atoms. The Kier molecular flexibility index (Phi) is 3.30. The third-order valence-electron chi connectivity index (χ3n) is 2.27. The van der Waals surface area contributed by atoms with E-state index in [0.717, 1.165) is 0 Å². The van der Waals surface area contributed by atoms with Crippen molar-refractivity contribution in [3.8, 4) is 0 Å². The molecule has 3 nitrogen and oxygen atoms in total. The highest BCUT2D eigenvalue weighted by atomic mass is 35.5. The minimum absolute atomic E-state index is 0.174. The number of rotatable bonds is 2. The fourth-order valence-corrected chi connectivity index (χ4v) is 1.50. The number of hydrogen-bond acceptors (Lipinski definition) is 2. The van der Waals surface area contributed by atoms with Crippen LogP contribution < -0.4 is 11.1 Å². The Morgan fingerprint density at radius 3 is 2.18 bits per heavy atom. The van der Waals surface area contributed by atoms with Crippen LogP contribution in [0.3, 0.4) is 0 Å². The fourth-order valence-electron chi connectivity index (χ4n) is 1.37. The van der Waals surface area contributed by atoms with E-state index in [1.165, 1.54) is 0 Å². The zero-order valence-electron chi connectivity index (χ0n) is 8.98. The Balaban J connectivity index is 2.11. The second-order valence-corrected chi connectivity index (χ2v) is 4.02. The molecule has 0 aliphatic heterocycles. The van der Waals surface area contributed by atoms with Gasteiger partial charge in [-0.2, -0.15) is 0 Å². The lowest BCUT2D eigenvalue weighted by Gasteiger charge is -2.05. The second-order valence-electron chi connectivity index (χ2n) is 3.58. The predicted molar refractivity (Wildman–Crippen MR) is 70.3 cm³/mol. The van der Waals surface area contributed by atoms with Crippen molar-refractivity contribution in [2.45, 2.75) is 0 Å².